The SMILES string of the molecule is CCOC(=O)[C@H](C)NC(=O)C[C@@H](C)O. The van der Waals surface area contributed by atoms with Gasteiger partial charge in [-0.25, -0.2) is 4.79 Å². The van der Waals surface area contributed by atoms with Gasteiger partial charge in [-0.15, -0.1) is 0 Å². The number of carbonyl (C=O) groups is 2. The minimum absolute atomic E-state index is 0.0102. The lowest BCUT2D eigenvalue weighted by atomic mass is 10.2. The molecule has 14 heavy (non-hydrogen) atoms. The molecule has 0 spiro atoms. The largest absolute Gasteiger partial charge is 0.464 e. The number of rotatable bonds is 5. The lowest BCUT2D eigenvalue weighted by molar-refractivity contribution is -0.147. The van der Waals surface area contributed by atoms with Gasteiger partial charge >= 0.3 is 5.97 Å². The highest BCUT2D eigenvalue weighted by atomic mass is 16.5. The van der Waals surface area contributed by atoms with Gasteiger partial charge in [-0.2, -0.15) is 0 Å². The monoisotopic (exact) mass is 203 g/mol. The molecule has 0 heterocycles. The standard InChI is InChI=1S/C9H17NO4/c1-4-14-9(13)7(3)10-8(12)5-6(2)11/h6-7,11H,4-5H2,1-3H3,(H,10,12)/t6-,7+/m1/s1. The van der Waals surface area contributed by atoms with E-state index in [1.807, 2.05) is 0 Å². The Labute approximate surface area is 83.4 Å². The van der Waals surface area contributed by atoms with Gasteiger partial charge in [-0.1, -0.05) is 0 Å². The van der Waals surface area contributed by atoms with Crippen LogP contribution in [0.5, 0.6) is 0 Å². The average molecular weight is 203 g/mol. The molecular formula is C9H17NO4. The molecule has 82 valence electrons. The third-order valence-electron chi connectivity index (χ3n) is 1.50. The van der Waals surface area contributed by atoms with Crippen molar-refractivity contribution in [2.75, 3.05) is 6.61 Å². The van der Waals surface area contributed by atoms with Crippen LogP contribution in [0.15, 0.2) is 0 Å². The average Bonchev–Trinajstić information content (AvgIpc) is 2.02. The normalized spacial score (nSPS) is 14.3. The van der Waals surface area contributed by atoms with Crippen molar-refractivity contribution in [2.45, 2.75) is 39.3 Å². The summed E-state index contributed by atoms with van der Waals surface area (Å²) < 4.78 is 4.69. The number of hydrogen-bond acceptors (Lipinski definition) is 4. The second-order valence-corrected chi connectivity index (χ2v) is 3.09. The predicted octanol–water partition coefficient (Wildman–Crippen LogP) is -0.175. The first-order valence-electron chi connectivity index (χ1n) is 4.61. The van der Waals surface area contributed by atoms with E-state index in [1.165, 1.54) is 13.8 Å². The summed E-state index contributed by atoms with van der Waals surface area (Å²) in [6.45, 7) is 5.03. The number of esters is 1. The zero-order chi connectivity index (χ0) is 11.1. The minimum Gasteiger partial charge on any atom is -0.464 e. The van der Waals surface area contributed by atoms with Crippen LogP contribution in [0.2, 0.25) is 0 Å². The molecule has 0 saturated heterocycles. The fourth-order valence-corrected chi connectivity index (χ4v) is 0.895. The number of hydrogen-bond donors (Lipinski definition) is 2. The molecule has 0 unspecified atom stereocenters. The molecule has 0 aromatic rings. The van der Waals surface area contributed by atoms with Crippen molar-refractivity contribution in [3.05, 3.63) is 0 Å². The molecule has 0 rings (SSSR count). The molecule has 0 aliphatic carbocycles. The van der Waals surface area contributed by atoms with Crippen molar-refractivity contribution in [2.24, 2.45) is 0 Å². The summed E-state index contributed by atoms with van der Waals surface area (Å²) in [5.41, 5.74) is 0. The van der Waals surface area contributed by atoms with E-state index in [0.29, 0.717) is 0 Å². The second kappa shape index (κ2) is 6.37. The fourth-order valence-electron chi connectivity index (χ4n) is 0.895. The van der Waals surface area contributed by atoms with Crippen molar-refractivity contribution in [3.8, 4) is 0 Å². The lowest BCUT2D eigenvalue weighted by Crippen LogP contribution is -2.40. The third-order valence-corrected chi connectivity index (χ3v) is 1.50. The van der Waals surface area contributed by atoms with Crippen LogP contribution >= 0.6 is 0 Å². The Bertz CT molecular complexity index is 203. The van der Waals surface area contributed by atoms with E-state index < -0.39 is 18.1 Å². The van der Waals surface area contributed by atoms with Crippen molar-refractivity contribution in [1.82, 2.24) is 5.32 Å². The van der Waals surface area contributed by atoms with Crippen LogP contribution in [0.3, 0.4) is 0 Å². The highest BCUT2D eigenvalue weighted by Crippen LogP contribution is 1.92. The Morgan fingerprint density at radius 2 is 2.00 bits per heavy atom. The molecule has 0 radical (unpaired) electrons. The maximum atomic E-state index is 11.1. The van der Waals surface area contributed by atoms with Gasteiger partial charge in [0.05, 0.1) is 19.1 Å². The van der Waals surface area contributed by atoms with Crippen LogP contribution in [-0.2, 0) is 14.3 Å². The van der Waals surface area contributed by atoms with Gasteiger partial charge in [-0.05, 0) is 20.8 Å². The molecule has 2 N–H and O–H groups in total. The summed E-state index contributed by atoms with van der Waals surface area (Å²) in [7, 11) is 0. The fraction of sp³-hybridized carbons (Fsp3) is 0.778. The van der Waals surface area contributed by atoms with E-state index in [0.717, 1.165) is 0 Å². The van der Waals surface area contributed by atoms with Gasteiger partial charge in [-0.3, -0.25) is 4.79 Å². The summed E-state index contributed by atoms with van der Waals surface area (Å²) in [6, 6.07) is -0.666. The van der Waals surface area contributed by atoms with Crippen LogP contribution in [0.25, 0.3) is 0 Å². The molecule has 0 aromatic carbocycles. The molecule has 0 aliphatic heterocycles. The van der Waals surface area contributed by atoms with Crippen LogP contribution in [-0.4, -0.2) is 35.7 Å². The molecule has 2 atom stereocenters. The molecule has 0 aliphatic rings. The number of carbonyl (C=O) groups excluding carboxylic acids is 2. The number of nitrogens with one attached hydrogen (secondary N) is 1. The Balaban J connectivity index is 3.87. The summed E-state index contributed by atoms with van der Waals surface area (Å²) in [5, 5.41) is 11.3. The van der Waals surface area contributed by atoms with Crippen LogP contribution in [0.1, 0.15) is 27.2 Å². The number of ether oxygens (including phenoxy) is 1. The number of aliphatic hydroxyl groups is 1. The molecule has 0 aromatic heterocycles. The summed E-state index contributed by atoms with van der Waals surface area (Å²) in [4.78, 5) is 22.2. The van der Waals surface area contributed by atoms with Gasteiger partial charge in [0, 0.05) is 0 Å². The van der Waals surface area contributed by atoms with E-state index in [9.17, 15) is 9.59 Å². The first kappa shape index (κ1) is 12.9. The molecule has 5 heteroatoms. The van der Waals surface area contributed by atoms with Crippen molar-refractivity contribution >= 4 is 11.9 Å². The predicted molar refractivity (Wildman–Crippen MR) is 50.5 cm³/mol. The van der Waals surface area contributed by atoms with E-state index in [4.69, 9.17) is 9.84 Å². The van der Waals surface area contributed by atoms with Crippen LogP contribution < -0.4 is 5.32 Å². The Kier molecular flexibility index (Phi) is 5.87. The zero-order valence-electron chi connectivity index (χ0n) is 8.74. The topological polar surface area (TPSA) is 75.6 Å². The first-order valence-corrected chi connectivity index (χ1v) is 4.61. The Morgan fingerprint density at radius 1 is 1.43 bits per heavy atom. The van der Waals surface area contributed by atoms with Gasteiger partial charge in [0.25, 0.3) is 0 Å². The Morgan fingerprint density at radius 3 is 2.43 bits per heavy atom. The molecule has 0 fully saturated rings. The highest BCUT2D eigenvalue weighted by Gasteiger charge is 2.16. The maximum absolute atomic E-state index is 11.1. The lowest BCUT2D eigenvalue weighted by Gasteiger charge is -2.12. The van der Waals surface area contributed by atoms with Crippen LogP contribution in [0, 0.1) is 0 Å². The second-order valence-electron chi connectivity index (χ2n) is 3.09. The smallest absolute Gasteiger partial charge is 0.328 e. The van der Waals surface area contributed by atoms with E-state index in [-0.39, 0.29) is 18.9 Å². The zero-order valence-corrected chi connectivity index (χ0v) is 8.74. The number of amides is 1. The van der Waals surface area contributed by atoms with E-state index >= 15 is 0 Å². The minimum atomic E-state index is -0.704. The molecule has 0 saturated carbocycles. The van der Waals surface area contributed by atoms with Crippen molar-refractivity contribution in [1.29, 1.82) is 0 Å². The van der Waals surface area contributed by atoms with Gasteiger partial charge in [0.15, 0.2) is 0 Å². The van der Waals surface area contributed by atoms with Crippen molar-refractivity contribution in [3.63, 3.8) is 0 Å². The molecule has 0 bridgehead atoms. The van der Waals surface area contributed by atoms with Crippen LogP contribution in [0.4, 0.5) is 0 Å². The summed E-state index contributed by atoms with van der Waals surface area (Å²) in [5.74, 6) is -0.827. The molecular weight excluding hydrogens is 186 g/mol. The van der Waals surface area contributed by atoms with Gasteiger partial charge in [0.2, 0.25) is 5.91 Å². The summed E-state index contributed by atoms with van der Waals surface area (Å²) in [6.07, 6.45) is -0.714. The first-order chi connectivity index (χ1) is 6.47. The number of aliphatic hydroxyl groups excluding tert-OH is 1. The quantitative estimate of drug-likeness (QED) is 0.608. The third kappa shape index (κ3) is 5.53. The van der Waals surface area contributed by atoms with Gasteiger partial charge in [0.1, 0.15) is 6.04 Å². The molecule has 1 amide bonds. The van der Waals surface area contributed by atoms with E-state index in [1.54, 1.807) is 6.92 Å². The summed E-state index contributed by atoms with van der Waals surface area (Å²) >= 11 is 0. The van der Waals surface area contributed by atoms with E-state index in [2.05, 4.69) is 5.32 Å². The Hall–Kier alpha value is -1.10. The van der Waals surface area contributed by atoms with Crippen molar-refractivity contribution < 1.29 is 19.4 Å². The molecule has 5 nitrogen and oxygen atoms in total. The van der Waals surface area contributed by atoms with Gasteiger partial charge < -0.3 is 15.2 Å². The highest BCUT2D eigenvalue weighted by molar-refractivity contribution is 5.84. The maximum Gasteiger partial charge on any atom is 0.328 e.